The van der Waals surface area contributed by atoms with Gasteiger partial charge in [0.2, 0.25) is 10.0 Å². The highest BCUT2D eigenvalue weighted by molar-refractivity contribution is 7.89. The van der Waals surface area contributed by atoms with E-state index < -0.39 is 10.0 Å². The number of rotatable bonds is 6. The molecule has 150 valence electrons. The molecule has 28 heavy (non-hydrogen) atoms. The molecule has 1 aliphatic heterocycles. The number of hydrogen-bond donors (Lipinski definition) is 2. The van der Waals surface area contributed by atoms with Gasteiger partial charge in [0.25, 0.3) is 5.91 Å². The molecule has 1 fully saturated rings. The van der Waals surface area contributed by atoms with Gasteiger partial charge in [0.15, 0.2) is 0 Å². The lowest BCUT2D eigenvalue weighted by molar-refractivity contribution is 0.102. The highest BCUT2D eigenvalue weighted by Crippen LogP contribution is 2.22. The van der Waals surface area contributed by atoms with Crippen LogP contribution >= 0.6 is 0 Å². The van der Waals surface area contributed by atoms with Gasteiger partial charge in [-0.3, -0.25) is 4.79 Å². The van der Waals surface area contributed by atoms with Crippen LogP contribution in [0.1, 0.15) is 43.0 Å². The second-order valence-corrected chi connectivity index (χ2v) is 8.69. The number of nitrogens with one attached hydrogen (secondary N) is 2. The Morgan fingerprint density at radius 1 is 0.929 bits per heavy atom. The Kier molecular flexibility index (Phi) is 6.70. The van der Waals surface area contributed by atoms with Crippen molar-refractivity contribution >= 4 is 27.3 Å². The summed E-state index contributed by atoms with van der Waals surface area (Å²) in [6.07, 6.45) is 5.02. The predicted molar refractivity (Wildman–Crippen MR) is 112 cm³/mol. The Hall–Kier alpha value is -2.38. The average Bonchev–Trinajstić information content (AvgIpc) is 2.98. The van der Waals surface area contributed by atoms with Gasteiger partial charge in [-0.2, -0.15) is 0 Å². The van der Waals surface area contributed by atoms with Crippen LogP contribution in [-0.4, -0.2) is 34.0 Å². The fourth-order valence-corrected chi connectivity index (χ4v) is 4.39. The number of anilines is 2. The summed E-state index contributed by atoms with van der Waals surface area (Å²) in [6, 6.07) is 13.8. The molecule has 0 aliphatic carbocycles. The van der Waals surface area contributed by atoms with Gasteiger partial charge in [-0.25, -0.2) is 13.1 Å². The SMILES string of the molecule is CCNS(=O)(=O)c1ccc(C(=O)Nc2ccc(N3CCCCCC3)cc2)cc1. The summed E-state index contributed by atoms with van der Waals surface area (Å²) < 4.78 is 26.4. The van der Waals surface area contributed by atoms with Crippen molar-refractivity contribution in [3.05, 3.63) is 54.1 Å². The monoisotopic (exact) mass is 401 g/mol. The lowest BCUT2D eigenvalue weighted by Gasteiger charge is -2.22. The molecule has 0 aromatic heterocycles. The zero-order valence-corrected chi connectivity index (χ0v) is 17.0. The van der Waals surface area contributed by atoms with Crippen molar-refractivity contribution in [2.45, 2.75) is 37.5 Å². The largest absolute Gasteiger partial charge is 0.372 e. The van der Waals surface area contributed by atoms with Gasteiger partial charge in [0.1, 0.15) is 0 Å². The van der Waals surface area contributed by atoms with Crippen molar-refractivity contribution in [1.82, 2.24) is 4.72 Å². The molecular formula is C21H27N3O3S. The van der Waals surface area contributed by atoms with E-state index in [1.54, 1.807) is 6.92 Å². The number of carbonyl (C=O) groups excluding carboxylic acids is 1. The van der Waals surface area contributed by atoms with Crippen LogP contribution in [0.2, 0.25) is 0 Å². The summed E-state index contributed by atoms with van der Waals surface area (Å²) in [5.74, 6) is -0.269. The molecule has 2 N–H and O–H groups in total. The standard InChI is InChI=1S/C21H27N3O3S/c1-2-22-28(26,27)20-13-7-17(8-14-20)21(25)23-18-9-11-19(12-10-18)24-15-5-3-4-6-16-24/h7-14,22H,2-6,15-16H2,1H3,(H,23,25). The third-order valence-electron chi connectivity index (χ3n) is 4.86. The molecule has 0 spiro atoms. The number of hydrogen-bond acceptors (Lipinski definition) is 4. The summed E-state index contributed by atoms with van der Waals surface area (Å²) in [7, 11) is -3.52. The van der Waals surface area contributed by atoms with Crippen LogP contribution < -0.4 is 14.9 Å². The van der Waals surface area contributed by atoms with Gasteiger partial charge < -0.3 is 10.2 Å². The minimum absolute atomic E-state index is 0.146. The molecule has 3 rings (SSSR count). The molecule has 2 aromatic rings. The topological polar surface area (TPSA) is 78.5 Å². The minimum Gasteiger partial charge on any atom is -0.372 e. The van der Waals surface area contributed by atoms with Crippen LogP contribution in [0.15, 0.2) is 53.4 Å². The second-order valence-electron chi connectivity index (χ2n) is 6.93. The van der Waals surface area contributed by atoms with Gasteiger partial charge in [-0.05, 0) is 61.4 Å². The fourth-order valence-electron chi connectivity index (χ4n) is 3.35. The third kappa shape index (κ3) is 5.11. The first-order chi connectivity index (χ1) is 13.5. The number of sulfonamides is 1. The van der Waals surface area contributed by atoms with Gasteiger partial charge in [-0.1, -0.05) is 19.8 Å². The minimum atomic E-state index is -3.52. The zero-order valence-electron chi connectivity index (χ0n) is 16.1. The highest BCUT2D eigenvalue weighted by atomic mass is 32.2. The Labute approximate surface area is 167 Å². The van der Waals surface area contributed by atoms with Crippen LogP contribution in [-0.2, 0) is 10.0 Å². The summed E-state index contributed by atoms with van der Waals surface area (Å²) in [5, 5.41) is 2.86. The molecule has 1 saturated heterocycles. The molecular weight excluding hydrogens is 374 g/mol. The van der Waals surface area contributed by atoms with E-state index in [4.69, 9.17) is 0 Å². The fraction of sp³-hybridized carbons (Fsp3) is 0.381. The third-order valence-corrected chi connectivity index (χ3v) is 6.42. The van der Waals surface area contributed by atoms with E-state index in [9.17, 15) is 13.2 Å². The van der Waals surface area contributed by atoms with Crippen LogP contribution in [0.4, 0.5) is 11.4 Å². The Balaban J connectivity index is 1.64. The van der Waals surface area contributed by atoms with Gasteiger partial charge in [-0.15, -0.1) is 0 Å². The lowest BCUT2D eigenvalue weighted by atomic mass is 10.2. The molecule has 0 unspecified atom stereocenters. The van der Waals surface area contributed by atoms with E-state index >= 15 is 0 Å². The predicted octanol–water partition coefficient (Wildman–Crippen LogP) is 3.62. The maximum Gasteiger partial charge on any atom is 0.255 e. The van der Waals surface area contributed by atoms with Crippen LogP contribution in [0.5, 0.6) is 0 Å². The van der Waals surface area contributed by atoms with E-state index in [1.807, 2.05) is 24.3 Å². The molecule has 0 saturated carbocycles. The Morgan fingerprint density at radius 2 is 1.54 bits per heavy atom. The van der Waals surface area contributed by atoms with E-state index in [-0.39, 0.29) is 10.8 Å². The average molecular weight is 402 g/mol. The van der Waals surface area contributed by atoms with Crippen molar-refractivity contribution in [1.29, 1.82) is 0 Å². The van der Waals surface area contributed by atoms with Gasteiger partial charge in [0.05, 0.1) is 4.90 Å². The lowest BCUT2D eigenvalue weighted by Crippen LogP contribution is -2.23. The summed E-state index contributed by atoms with van der Waals surface area (Å²) in [6.45, 7) is 4.19. The van der Waals surface area contributed by atoms with Crippen LogP contribution in [0.3, 0.4) is 0 Å². The van der Waals surface area contributed by atoms with Crippen molar-refractivity contribution in [3.63, 3.8) is 0 Å². The smallest absolute Gasteiger partial charge is 0.255 e. The molecule has 6 nitrogen and oxygen atoms in total. The van der Waals surface area contributed by atoms with E-state index in [2.05, 4.69) is 14.9 Å². The molecule has 0 bridgehead atoms. The van der Waals surface area contributed by atoms with Crippen molar-refractivity contribution in [3.8, 4) is 0 Å². The Morgan fingerprint density at radius 3 is 2.11 bits per heavy atom. The maximum atomic E-state index is 12.4. The van der Waals surface area contributed by atoms with Crippen LogP contribution in [0.25, 0.3) is 0 Å². The number of benzene rings is 2. The Bertz CT molecular complexity index is 885. The summed E-state index contributed by atoms with van der Waals surface area (Å²) in [5.41, 5.74) is 2.30. The molecule has 7 heteroatoms. The summed E-state index contributed by atoms with van der Waals surface area (Å²) >= 11 is 0. The van der Waals surface area contributed by atoms with E-state index in [1.165, 1.54) is 55.6 Å². The molecule has 0 atom stereocenters. The number of nitrogens with zero attached hydrogens (tertiary/aromatic N) is 1. The van der Waals surface area contributed by atoms with Crippen LogP contribution in [0, 0.1) is 0 Å². The van der Waals surface area contributed by atoms with Crippen molar-refractivity contribution < 1.29 is 13.2 Å². The van der Waals surface area contributed by atoms with Gasteiger partial charge in [0, 0.05) is 36.6 Å². The first-order valence-electron chi connectivity index (χ1n) is 9.76. The van der Waals surface area contributed by atoms with E-state index in [0.717, 1.165) is 13.1 Å². The number of carbonyl (C=O) groups is 1. The van der Waals surface area contributed by atoms with Gasteiger partial charge >= 0.3 is 0 Å². The highest BCUT2D eigenvalue weighted by Gasteiger charge is 2.14. The number of amides is 1. The normalized spacial score (nSPS) is 15.1. The maximum absolute atomic E-state index is 12.4. The quantitative estimate of drug-likeness (QED) is 0.775. The first-order valence-corrected chi connectivity index (χ1v) is 11.2. The molecule has 1 amide bonds. The second kappa shape index (κ2) is 9.21. The zero-order chi connectivity index (χ0) is 20.0. The first kappa shape index (κ1) is 20.4. The molecule has 0 radical (unpaired) electrons. The summed E-state index contributed by atoms with van der Waals surface area (Å²) in [4.78, 5) is 15.0. The molecule has 2 aromatic carbocycles. The molecule has 1 aliphatic rings. The van der Waals surface area contributed by atoms with E-state index in [0.29, 0.717) is 17.8 Å². The van der Waals surface area contributed by atoms with Crippen molar-refractivity contribution in [2.75, 3.05) is 29.9 Å². The molecule has 1 heterocycles. The van der Waals surface area contributed by atoms with Crippen molar-refractivity contribution in [2.24, 2.45) is 0 Å².